The molecule has 1 heterocycles. The largest absolute Gasteiger partial charge is 0.463 e. The van der Waals surface area contributed by atoms with E-state index < -0.39 is 0 Å². The predicted octanol–water partition coefficient (Wildman–Crippen LogP) is 2.73. The molecular formula is C17H22O4. The summed E-state index contributed by atoms with van der Waals surface area (Å²) in [4.78, 5) is 11.2. The van der Waals surface area contributed by atoms with Crippen LogP contribution in [0, 0.1) is 5.92 Å². The fraction of sp³-hybridized carbons (Fsp3) is 0.471. The molecule has 21 heavy (non-hydrogen) atoms. The van der Waals surface area contributed by atoms with Crippen molar-refractivity contribution in [3.63, 3.8) is 0 Å². The number of benzene rings is 1. The van der Waals surface area contributed by atoms with Gasteiger partial charge in [-0.05, 0) is 18.6 Å². The summed E-state index contributed by atoms with van der Waals surface area (Å²) >= 11 is 0. The van der Waals surface area contributed by atoms with E-state index in [-0.39, 0.29) is 18.2 Å². The van der Waals surface area contributed by atoms with Gasteiger partial charge >= 0.3 is 5.97 Å². The van der Waals surface area contributed by atoms with Gasteiger partial charge in [-0.25, -0.2) is 4.79 Å². The normalized spacial score (nSPS) is 22.2. The van der Waals surface area contributed by atoms with Crippen molar-refractivity contribution in [2.45, 2.75) is 32.7 Å². The molecule has 0 radical (unpaired) electrons. The number of esters is 1. The average Bonchev–Trinajstić information content (AvgIpc) is 3.26. The fourth-order valence-electron chi connectivity index (χ4n) is 2.14. The summed E-state index contributed by atoms with van der Waals surface area (Å²) in [5.74, 6) is -0.0229. The summed E-state index contributed by atoms with van der Waals surface area (Å²) < 4.78 is 16.1. The van der Waals surface area contributed by atoms with E-state index in [1.807, 2.05) is 30.3 Å². The fourth-order valence-corrected chi connectivity index (χ4v) is 2.14. The van der Waals surface area contributed by atoms with Crippen molar-refractivity contribution in [1.29, 1.82) is 0 Å². The Morgan fingerprint density at radius 3 is 2.86 bits per heavy atom. The Morgan fingerprint density at radius 1 is 1.38 bits per heavy atom. The van der Waals surface area contributed by atoms with E-state index in [2.05, 4.69) is 6.92 Å². The third-order valence-corrected chi connectivity index (χ3v) is 3.32. The Kier molecular flexibility index (Phi) is 5.96. The molecule has 4 nitrogen and oxygen atoms in total. The lowest BCUT2D eigenvalue weighted by Gasteiger charge is -2.09. The second-order valence-corrected chi connectivity index (χ2v) is 5.15. The van der Waals surface area contributed by atoms with Crippen molar-refractivity contribution < 1.29 is 19.0 Å². The lowest BCUT2D eigenvalue weighted by atomic mass is 10.1. The second-order valence-electron chi connectivity index (χ2n) is 5.15. The van der Waals surface area contributed by atoms with Crippen LogP contribution in [-0.2, 0) is 25.6 Å². The van der Waals surface area contributed by atoms with Gasteiger partial charge in [-0.15, -0.1) is 0 Å². The molecule has 1 fully saturated rings. The molecule has 0 amide bonds. The highest BCUT2D eigenvalue weighted by atomic mass is 16.6. The van der Waals surface area contributed by atoms with Crippen molar-refractivity contribution in [1.82, 2.24) is 0 Å². The summed E-state index contributed by atoms with van der Waals surface area (Å²) in [6.07, 6.45) is 3.33. The smallest absolute Gasteiger partial charge is 0.330 e. The van der Waals surface area contributed by atoms with Gasteiger partial charge in [0.2, 0.25) is 0 Å². The topological polar surface area (TPSA) is 48.1 Å². The molecule has 1 aromatic rings. The summed E-state index contributed by atoms with van der Waals surface area (Å²) in [7, 11) is 0. The minimum absolute atomic E-state index is 0.00438. The number of carbonyl (C=O) groups excluding carboxylic acids is 1. The molecule has 2 rings (SSSR count). The van der Waals surface area contributed by atoms with E-state index in [1.54, 1.807) is 13.0 Å². The zero-order valence-corrected chi connectivity index (χ0v) is 12.5. The Morgan fingerprint density at radius 2 is 2.14 bits per heavy atom. The van der Waals surface area contributed by atoms with Crippen LogP contribution in [0.5, 0.6) is 0 Å². The molecule has 0 aliphatic carbocycles. The summed E-state index contributed by atoms with van der Waals surface area (Å²) in [6.45, 7) is 5.52. The highest BCUT2D eigenvalue weighted by Crippen LogP contribution is 2.30. The lowest BCUT2D eigenvalue weighted by molar-refractivity contribution is -0.137. The Labute approximate surface area is 125 Å². The van der Waals surface area contributed by atoms with Crippen molar-refractivity contribution in [3.8, 4) is 0 Å². The highest BCUT2D eigenvalue weighted by molar-refractivity contribution is 5.82. The van der Waals surface area contributed by atoms with Crippen LogP contribution in [0.15, 0.2) is 42.5 Å². The van der Waals surface area contributed by atoms with Gasteiger partial charge in [0.1, 0.15) is 6.10 Å². The third kappa shape index (κ3) is 5.33. The zero-order valence-electron chi connectivity index (χ0n) is 12.5. The van der Waals surface area contributed by atoms with Gasteiger partial charge in [0, 0.05) is 12.0 Å². The van der Waals surface area contributed by atoms with Crippen LogP contribution in [0.25, 0.3) is 0 Å². The van der Waals surface area contributed by atoms with E-state index in [0.29, 0.717) is 25.7 Å². The Balaban J connectivity index is 1.64. The number of rotatable bonds is 8. The number of carbonyl (C=O) groups is 1. The molecule has 1 aliphatic heterocycles. The molecule has 0 unspecified atom stereocenters. The first-order chi connectivity index (χ1) is 10.2. The predicted molar refractivity (Wildman–Crippen MR) is 79.7 cm³/mol. The molecular weight excluding hydrogens is 268 g/mol. The number of hydrogen-bond donors (Lipinski definition) is 0. The minimum atomic E-state index is -0.320. The van der Waals surface area contributed by atoms with E-state index >= 15 is 0 Å². The summed E-state index contributed by atoms with van der Waals surface area (Å²) in [6, 6.07) is 10.1. The van der Waals surface area contributed by atoms with Crippen molar-refractivity contribution in [2.75, 3.05) is 13.2 Å². The molecule has 0 N–H and O–H groups in total. The molecule has 0 bridgehead atoms. The quantitative estimate of drug-likeness (QED) is 0.419. The van der Waals surface area contributed by atoms with E-state index in [9.17, 15) is 4.79 Å². The monoisotopic (exact) mass is 290 g/mol. The average molecular weight is 290 g/mol. The first-order valence-electron chi connectivity index (χ1n) is 7.32. The zero-order chi connectivity index (χ0) is 15.1. The molecule has 1 aromatic carbocycles. The maximum atomic E-state index is 11.2. The van der Waals surface area contributed by atoms with Crippen LogP contribution in [0.2, 0.25) is 0 Å². The first-order valence-corrected chi connectivity index (χ1v) is 7.32. The molecule has 3 atom stereocenters. The van der Waals surface area contributed by atoms with Gasteiger partial charge in [-0.1, -0.05) is 37.3 Å². The molecule has 114 valence electrons. The second kappa shape index (κ2) is 7.96. The molecule has 0 saturated carbocycles. The van der Waals surface area contributed by atoms with Crippen LogP contribution >= 0.6 is 0 Å². The molecule has 0 aromatic heterocycles. The van der Waals surface area contributed by atoms with Crippen LogP contribution in [-0.4, -0.2) is 31.4 Å². The van der Waals surface area contributed by atoms with Gasteiger partial charge in [-0.3, -0.25) is 0 Å². The maximum Gasteiger partial charge on any atom is 0.330 e. The molecule has 0 spiro atoms. The van der Waals surface area contributed by atoms with Crippen molar-refractivity contribution in [2.24, 2.45) is 5.92 Å². The molecule has 1 aliphatic rings. The summed E-state index contributed by atoms with van der Waals surface area (Å²) in [5, 5.41) is 0. The van der Waals surface area contributed by atoms with E-state index in [1.165, 1.54) is 11.6 Å². The van der Waals surface area contributed by atoms with Crippen LogP contribution in [0.3, 0.4) is 0 Å². The van der Waals surface area contributed by atoms with Crippen LogP contribution < -0.4 is 0 Å². The lowest BCUT2D eigenvalue weighted by Crippen LogP contribution is -2.13. The SMILES string of the molecule is CCOC(=O)/C=C/[C@H]1O[C@H]1[C@@H](C)COCc1ccccc1. The van der Waals surface area contributed by atoms with E-state index in [4.69, 9.17) is 14.2 Å². The highest BCUT2D eigenvalue weighted by Gasteiger charge is 2.41. The van der Waals surface area contributed by atoms with Crippen LogP contribution in [0.4, 0.5) is 0 Å². The van der Waals surface area contributed by atoms with Crippen LogP contribution in [0.1, 0.15) is 19.4 Å². The standard InChI is InChI=1S/C17H22O4/c1-3-20-16(18)10-9-15-17(21-15)13(2)11-19-12-14-7-5-4-6-8-14/h4-10,13,15,17H,3,11-12H2,1-2H3/b10-9+/t13-,15+,17-/m0/s1. The Hall–Kier alpha value is -1.65. The van der Waals surface area contributed by atoms with Gasteiger partial charge in [-0.2, -0.15) is 0 Å². The van der Waals surface area contributed by atoms with Gasteiger partial charge < -0.3 is 14.2 Å². The van der Waals surface area contributed by atoms with Crippen molar-refractivity contribution >= 4 is 5.97 Å². The van der Waals surface area contributed by atoms with Gasteiger partial charge in [0.25, 0.3) is 0 Å². The number of epoxide rings is 1. The Bertz CT molecular complexity index is 469. The minimum Gasteiger partial charge on any atom is -0.463 e. The maximum absolute atomic E-state index is 11.2. The third-order valence-electron chi connectivity index (χ3n) is 3.32. The summed E-state index contributed by atoms with van der Waals surface area (Å²) in [5.41, 5.74) is 1.17. The first kappa shape index (κ1) is 15.7. The molecule has 4 heteroatoms. The van der Waals surface area contributed by atoms with Gasteiger partial charge in [0.05, 0.1) is 25.9 Å². The van der Waals surface area contributed by atoms with Crippen molar-refractivity contribution in [3.05, 3.63) is 48.0 Å². The van der Waals surface area contributed by atoms with Gasteiger partial charge in [0.15, 0.2) is 0 Å². The number of hydrogen-bond acceptors (Lipinski definition) is 4. The van der Waals surface area contributed by atoms with E-state index in [0.717, 1.165) is 0 Å². The number of ether oxygens (including phenoxy) is 3. The molecule has 1 saturated heterocycles.